The molecule has 94 valence electrons. The molecule has 0 bridgehead atoms. The molecule has 0 amide bonds. The van der Waals surface area contributed by atoms with E-state index in [0.29, 0.717) is 12.6 Å². The van der Waals surface area contributed by atoms with Crippen molar-refractivity contribution in [2.45, 2.75) is 45.2 Å². The first-order valence-electron chi connectivity index (χ1n) is 6.51. The van der Waals surface area contributed by atoms with Gasteiger partial charge in [0, 0.05) is 19.1 Å². The van der Waals surface area contributed by atoms with Gasteiger partial charge in [-0.2, -0.15) is 0 Å². The highest BCUT2D eigenvalue weighted by Crippen LogP contribution is 2.32. The van der Waals surface area contributed by atoms with E-state index in [2.05, 4.69) is 24.0 Å². The van der Waals surface area contributed by atoms with Crippen LogP contribution in [0.3, 0.4) is 0 Å². The highest BCUT2D eigenvalue weighted by atomic mass is 35.5. The van der Waals surface area contributed by atoms with Gasteiger partial charge in [0.25, 0.3) is 0 Å². The quantitative estimate of drug-likeness (QED) is 0.891. The van der Waals surface area contributed by atoms with Gasteiger partial charge >= 0.3 is 0 Å². The molecule has 1 aromatic rings. The molecule has 1 saturated heterocycles. The molecule has 0 spiro atoms. The van der Waals surface area contributed by atoms with E-state index >= 15 is 0 Å². The summed E-state index contributed by atoms with van der Waals surface area (Å²) in [4.78, 5) is 2.46. The minimum absolute atomic E-state index is 0.553. The van der Waals surface area contributed by atoms with Gasteiger partial charge in [-0.1, -0.05) is 24.6 Å². The highest BCUT2D eigenvalue weighted by molar-refractivity contribution is 6.33. The summed E-state index contributed by atoms with van der Waals surface area (Å²) in [6.45, 7) is 3.93. The van der Waals surface area contributed by atoms with Gasteiger partial charge in [0.1, 0.15) is 0 Å². The number of rotatable bonds is 3. The number of benzene rings is 1. The summed E-state index contributed by atoms with van der Waals surface area (Å²) < 4.78 is 0. The van der Waals surface area contributed by atoms with Crippen LogP contribution in [-0.2, 0) is 6.54 Å². The van der Waals surface area contributed by atoms with E-state index in [4.69, 9.17) is 17.3 Å². The molecule has 1 aliphatic heterocycles. The Labute approximate surface area is 109 Å². The molecular weight excluding hydrogens is 232 g/mol. The topological polar surface area (TPSA) is 29.3 Å². The van der Waals surface area contributed by atoms with Crippen molar-refractivity contribution >= 4 is 17.3 Å². The zero-order valence-corrected chi connectivity index (χ0v) is 11.2. The van der Waals surface area contributed by atoms with E-state index in [9.17, 15) is 0 Å². The zero-order valence-electron chi connectivity index (χ0n) is 10.5. The van der Waals surface area contributed by atoms with Crippen molar-refractivity contribution in [2.75, 3.05) is 11.4 Å². The third kappa shape index (κ3) is 2.75. The van der Waals surface area contributed by atoms with E-state index in [1.807, 2.05) is 6.07 Å². The summed E-state index contributed by atoms with van der Waals surface area (Å²) in [6, 6.07) is 6.85. The maximum Gasteiger partial charge on any atom is 0.0642 e. The molecule has 0 aliphatic carbocycles. The fraction of sp³-hybridized carbons (Fsp3) is 0.571. The molecule has 3 heteroatoms. The Kier molecular flexibility index (Phi) is 4.30. The average molecular weight is 253 g/mol. The fourth-order valence-electron chi connectivity index (χ4n) is 2.65. The van der Waals surface area contributed by atoms with Crippen LogP contribution in [-0.4, -0.2) is 12.6 Å². The lowest BCUT2D eigenvalue weighted by Gasteiger charge is -2.37. The largest absolute Gasteiger partial charge is 0.367 e. The van der Waals surface area contributed by atoms with Gasteiger partial charge in [0.05, 0.1) is 10.7 Å². The Morgan fingerprint density at radius 3 is 2.88 bits per heavy atom. The third-order valence-corrected chi connectivity index (χ3v) is 3.96. The lowest BCUT2D eigenvalue weighted by atomic mass is 9.99. The summed E-state index contributed by atoms with van der Waals surface area (Å²) in [5.41, 5.74) is 7.91. The Morgan fingerprint density at radius 1 is 1.41 bits per heavy atom. The van der Waals surface area contributed by atoms with Gasteiger partial charge in [0.15, 0.2) is 0 Å². The Hall–Kier alpha value is -0.730. The van der Waals surface area contributed by atoms with Crippen LogP contribution in [0, 0.1) is 0 Å². The van der Waals surface area contributed by atoms with Crippen LogP contribution in [0.1, 0.15) is 38.2 Å². The standard InChI is InChI=1S/C14H21ClN2/c1-2-12-5-3-4-8-17(12)14-7-6-11(10-16)9-13(14)15/h6-7,9,12H,2-5,8,10,16H2,1H3. The smallest absolute Gasteiger partial charge is 0.0642 e. The van der Waals surface area contributed by atoms with E-state index in [1.165, 1.54) is 31.4 Å². The van der Waals surface area contributed by atoms with Crippen LogP contribution >= 0.6 is 11.6 Å². The van der Waals surface area contributed by atoms with Crippen LogP contribution in [0.15, 0.2) is 18.2 Å². The molecule has 2 rings (SSSR count). The second-order valence-corrected chi connectivity index (χ2v) is 5.15. The van der Waals surface area contributed by atoms with Crippen molar-refractivity contribution in [3.8, 4) is 0 Å². The fourth-order valence-corrected chi connectivity index (χ4v) is 2.96. The number of hydrogen-bond acceptors (Lipinski definition) is 2. The van der Waals surface area contributed by atoms with Gasteiger partial charge < -0.3 is 10.6 Å². The first-order chi connectivity index (χ1) is 8.26. The zero-order chi connectivity index (χ0) is 12.3. The number of nitrogens with two attached hydrogens (primary N) is 1. The van der Waals surface area contributed by atoms with Crippen LogP contribution in [0.25, 0.3) is 0 Å². The van der Waals surface area contributed by atoms with Crippen molar-refractivity contribution < 1.29 is 0 Å². The summed E-state index contributed by atoms with van der Waals surface area (Å²) in [5, 5.41) is 0.841. The maximum atomic E-state index is 6.37. The van der Waals surface area contributed by atoms with E-state index in [1.54, 1.807) is 0 Å². The Balaban J connectivity index is 2.25. The summed E-state index contributed by atoms with van der Waals surface area (Å²) in [6.07, 6.45) is 5.08. The SMILES string of the molecule is CCC1CCCCN1c1ccc(CN)cc1Cl. The molecule has 1 aliphatic rings. The van der Waals surface area contributed by atoms with E-state index < -0.39 is 0 Å². The number of piperidine rings is 1. The van der Waals surface area contributed by atoms with Crippen LogP contribution in [0.2, 0.25) is 5.02 Å². The normalized spacial score (nSPS) is 20.6. The molecule has 0 aromatic heterocycles. The predicted octanol–water partition coefficient (Wildman–Crippen LogP) is 3.57. The molecule has 2 N–H and O–H groups in total. The van der Waals surface area contributed by atoms with Crippen molar-refractivity contribution in [1.29, 1.82) is 0 Å². The molecule has 0 radical (unpaired) electrons. The van der Waals surface area contributed by atoms with Gasteiger partial charge in [0.2, 0.25) is 0 Å². The highest BCUT2D eigenvalue weighted by Gasteiger charge is 2.22. The monoisotopic (exact) mass is 252 g/mol. The summed E-state index contributed by atoms with van der Waals surface area (Å²) in [5.74, 6) is 0. The summed E-state index contributed by atoms with van der Waals surface area (Å²) >= 11 is 6.37. The number of anilines is 1. The predicted molar refractivity (Wildman–Crippen MR) is 74.6 cm³/mol. The molecule has 17 heavy (non-hydrogen) atoms. The molecule has 1 aromatic carbocycles. The van der Waals surface area contributed by atoms with Crippen LogP contribution in [0.5, 0.6) is 0 Å². The number of nitrogens with zero attached hydrogens (tertiary/aromatic N) is 1. The lowest BCUT2D eigenvalue weighted by Crippen LogP contribution is -2.39. The first-order valence-corrected chi connectivity index (χ1v) is 6.89. The molecule has 1 heterocycles. The van der Waals surface area contributed by atoms with Gasteiger partial charge in [-0.05, 0) is 43.4 Å². The molecule has 2 nitrogen and oxygen atoms in total. The van der Waals surface area contributed by atoms with Gasteiger partial charge in [-0.15, -0.1) is 0 Å². The number of halogens is 1. The second kappa shape index (κ2) is 5.74. The minimum atomic E-state index is 0.553. The van der Waals surface area contributed by atoms with Gasteiger partial charge in [-0.25, -0.2) is 0 Å². The van der Waals surface area contributed by atoms with Crippen LogP contribution < -0.4 is 10.6 Å². The Bertz CT molecular complexity index is 378. The molecule has 1 fully saturated rings. The first kappa shape index (κ1) is 12.7. The molecular formula is C14H21ClN2. The second-order valence-electron chi connectivity index (χ2n) is 4.74. The number of hydrogen-bond donors (Lipinski definition) is 1. The molecule has 1 atom stereocenters. The molecule has 1 unspecified atom stereocenters. The van der Waals surface area contributed by atoms with Crippen molar-refractivity contribution in [1.82, 2.24) is 0 Å². The van der Waals surface area contributed by atoms with Gasteiger partial charge in [-0.3, -0.25) is 0 Å². The average Bonchev–Trinajstić information content (AvgIpc) is 2.38. The summed E-state index contributed by atoms with van der Waals surface area (Å²) in [7, 11) is 0. The van der Waals surface area contributed by atoms with E-state index in [-0.39, 0.29) is 0 Å². The Morgan fingerprint density at radius 2 is 2.24 bits per heavy atom. The van der Waals surface area contributed by atoms with Crippen molar-refractivity contribution in [3.63, 3.8) is 0 Å². The third-order valence-electron chi connectivity index (χ3n) is 3.66. The minimum Gasteiger partial charge on any atom is -0.367 e. The van der Waals surface area contributed by atoms with Crippen molar-refractivity contribution in [3.05, 3.63) is 28.8 Å². The van der Waals surface area contributed by atoms with E-state index in [0.717, 1.165) is 17.1 Å². The molecule has 0 saturated carbocycles. The maximum absolute atomic E-state index is 6.37. The van der Waals surface area contributed by atoms with Crippen molar-refractivity contribution in [2.24, 2.45) is 5.73 Å². The lowest BCUT2D eigenvalue weighted by molar-refractivity contribution is 0.450. The van der Waals surface area contributed by atoms with Crippen LogP contribution in [0.4, 0.5) is 5.69 Å².